The fourth-order valence-electron chi connectivity index (χ4n) is 2.25. The Morgan fingerprint density at radius 3 is 2.90 bits per heavy atom. The predicted octanol–water partition coefficient (Wildman–Crippen LogP) is 1.32. The van der Waals surface area contributed by atoms with Gasteiger partial charge < -0.3 is 4.57 Å². The van der Waals surface area contributed by atoms with Crippen molar-refractivity contribution in [3.63, 3.8) is 0 Å². The second kappa shape index (κ2) is 5.24. The van der Waals surface area contributed by atoms with E-state index in [2.05, 4.69) is 22.2 Å². The molecule has 0 aliphatic carbocycles. The molecule has 0 amide bonds. The molecule has 3 aromatic rings. The molecule has 20 heavy (non-hydrogen) atoms. The van der Waals surface area contributed by atoms with Gasteiger partial charge in [0.2, 0.25) is 0 Å². The summed E-state index contributed by atoms with van der Waals surface area (Å²) in [5.41, 5.74) is 0.545. The molecule has 0 radical (unpaired) electrons. The Kier molecular flexibility index (Phi) is 3.28. The normalized spacial score (nSPS) is 12.7. The second-order valence-corrected chi connectivity index (χ2v) is 4.96. The molecule has 3 rings (SSSR count). The summed E-state index contributed by atoms with van der Waals surface area (Å²) in [6.07, 6.45) is 5.42. The third kappa shape index (κ3) is 2.45. The zero-order chi connectivity index (χ0) is 13.9. The molecule has 0 aliphatic heterocycles. The Bertz CT molecular complexity index is 763. The minimum absolute atomic E-state index is 0.0897. The fourth-order valence-corrected chi connectivity index (χ4v) is 2.25. The molecule has 102 valence electrons. The molecule has 0 fully saturated rings. The van der Waals surface area contributed by atoms with Crippen LogP contribution >= 0.6 is 0 Å². The molecule has 1 atom stereocenters. The molecule has 0 spiro atoms. The Morgan fingerprint density at radius 1 is 1.25 bits per heavy atom. The first kappa shape index (κ1) is 12.5. The first-order valence-electron chi connectivity index (χ1n) is 6.52. The SMILES string of the molecule is CC(Cn1ccnc1)Cn1nnc2ccccc2c1=O. The zero-order valence-corrected chi connectivity index (χ0v) is 11.2. The van der Waals surface area contributed by atoms with Gasteiger partial charge in [0.05, 0.1) is 18.3 Å². The number of nitrogens with zero attached hydrogens (tertiary/aromatic N) is 5. The van der Waals surface area contributed by atoms with E-state index >= 15 is 0 Å². The standard InChI is InChI=1S/C14H15N5O/c1-11(8-18-7-6-15-10-18)9-19-14(20)12-4-2-3-5-13(12)16-17-19/h2-7,10-11H,8-9H2,1H3. The van der Waals surface area contributed by atoms with Crippen molar-refractivity contribution in [3.8, 4) is 0 Å². The monoisotopic (exact) mass is 269 g/mol. The van der Waals surface area contributed by atoms with E-state index in [0.29, 0.717) is 17.4 Å². The molecule has 0 aliphatic rings. The number of rotatable bonds is 4. The topological polar surface area (TPSA) is 65.6 Å². The lowest BCUT2D eigenvalue weighted by molar-refractivity contribution is 0.378. The molecule has 6 nitrogen and oxygen atoms in total. The van der Waals surface area contributed by atoms with E-state index in [1.807, 2.05) is 22.9 Å². The average Bonchev–Trinajstić information content (AvgIpc) is 2.95. The smallest absolute Gasteiger partial charge is 0.277 e. The molecule has 2 heterocycles. The van der Waals surface area contributed by atoms with E-state index in [-0.39, 0.29) is 11.5 Å². The van der Waals surface area contributed by atoms with Crippen LogP contribution in [0, 0.1) is 5.92 Å². The average molecular weight is 269 g/mol. The molecule has 1 aromatic carbocycles. The van der Waals surface area contributed by atoms with Crippen molar-refractivity contribution in [2.75, 3.05) is 0 Å². The first-order chi connectivity index (χ1) is 9.74. The van der Waals surface area contributed by atoms with Gasteiger partial charge >= 0.3 is 0 Å². The quantitative estimate of drug-likeness (QED) is 0.716. The van der Waals surface area contributed by atoms with Gasteiger partial charge in [-0.2, -0.15) is 0 Å². The Labute approximate surface area is 115 Å². The highest BCUT2D eigenvalue weighted by molar-refractivity contribution is 5.76. The Hall–Kier alpha value is -2.50. The van der Waals surface area contributed by atoms with Crippen LogP contribution < -0.4 is 5.56 Å². The van der Waals surface area contributed by atoms with Crippen molar-refractivity contribution in [1.82, 2.24) is 24.5 Å². The van der Waals surface area contributed by atoms with Crippen LogP contribution in [0.5, 0.6) is 0 Å². The number of fused-ring (bicyclic) bond motifs is 1. The van der Waals surface area contributed by atoms with Crippen LogP contribution in [0.3, 0.4) is 0 Å². The Balaban J connectivity index is 1.84. The summed E-state index contributed by atoms with van der Waals surface area (Å²) in [6.45, 7) is 3.40. The Morgan fingerprint density at radius 2 is 2.10 bits per heavy atom. The minimum Gasteiger partial charge on any atom is -0.337 e. The second-order valence-electron chi connectivity index (χ2n) is 4.96. The molecule has 0 saturated carbocycles. The van der Waals surface area contributed by atoms with Crippen molar-refractivity contribution >= 4 is 10.9 Å². The van der Waals surface area contributed by atoms with Gasteiger partial charge in [-0.15, -0.1) is 5.10 Å². The van der Waals surface area contributed by atoms with Gasteiger partial charge in [-0.3, -0.25) is 4.79 Å². The highest BCUT2D eigenvalue weighted by Gasteiger charge is 2.09. The highest BCUT2D eigenvalue weighted by atomic mass is 16.1. The van der Waals surface area contributed by atoms with Gasteiger partial charge in [-0.1, -0.05) is 24.3 Å². The summed E-state index contributed by atoms with van der Waals surface area (Å²) < 4.78 is 3.42. The van der Waals surface area contributed by atoms with Gasteiger partial charge in [-0.25, -0.2) is 9.67 Å². The van der Waals surface area contributed by atoms with Crippen molar-refractivity contribution in [2.45, 2.75) is 20.0 Å². The van der Waals surface area contributed by atoms with Crippen LogP contribution in [0.4, 0.5) is 0 Å². The third-order valence-corrected chi connectivity index (χ3v) is 3.20. The zero-order valence-electron chi connectivity index (χ0n) is 11.2. The van der Waals surface area contributed by atoms with Gasteiger partial charge in [0.1, 0.15) is 5.52 Å². The third-order valence-electron chi connectivity index (χ3n) is 3.20. The summed E-state index contributed by atoms with van der Waals surface area (Å²) in [5, 5.41) is 8.70. The van der Waals surface area contributed by atoms with Crippen LogP contribution in [0.15, 0.2) is 47.8 Å². The largest absolute Gasteiger partial charge is 0.337 e. The minimum atomic E-state index is -0.0897. The summed E-state index contributed by atoms with van der Waals surface area (Å²) >= 11 is 0. The van der Waals surface area contributed by atoms with Crippen LogP contribution in [0.25, 0.3) is 10.9 Å². The van der Waals surface area contributed by atoms with Crippen LogP contribution in [0.1, 0.15) is 6.92 Å². The lowest BCUT2D eigenvalue weighted by atomic mass is 10.2. The van der Waals surface area contributed by atoms with Crippen molar-refractivity contribution < 1.29 is 0 Å². The van der Waals surface area contributed by atoms with Crippen LogP contribution in [-0.4, -0.2) is 24.5 Å². The maximum atomic E-state index is 12.3. The molecular weight excluding hydrogens is 254 g/mol. The van der Waals surface area contributed by atoms with E-state index in [1.54, 1.807) is 24.7 Å². The summed E-state index contributed by atoms with van der Waals surface area (Å²) in [6, 6.07) is 7.26. The maximum Gasteiger partial charge on any atom is 0.277 e. The van der Waals surface area contributed by atoms with E-state index in [0.717, 1.165) is 6.54 Å². The summed E-state index contributed by atoms with van der Waals surface area (Å²) in [5.74, 6) is 0.261. The highest BCUT2D eigenvalue weighted by Crippen LogP contribution is 2.06. The van der Waals surface area contributed by atoms with Gasteiger partial charge in [0.25, 0.3) is 5.56 Å². The molecule has 2 aromatic heterocycles. The van der Waals surface area contributed by atoms with E-state index in [1.165, 1.54) is 4.68 Å². The van der Waals surface area contributed by atoms with Gasteiger partial charge in [-0.05, 0) is 18.1 Å². The first-order valence-corrected chi connectivity index (χ1v) is 6.52. The molecular formula is C14H15N5O. The number of hydrogen-bond acceptors (Lipinski definition) is 4. The lowest BCUT2D eigenvalue weighted by Crippen LogP contribution is -2.28. The van der Waals surface area contributed by atoms with Crippen LogP contribution in [-0.2, 0) is 13.1 Å². The maximum absolute atomic E-state index is 12.3. The van der Waals surface area contributed by atoms with E-state index in [4.69, 9.17) is 0 Å². The van der Waals surface area contributed by atoms with Crippen molar-refractivity contribution in [1.29, 1.82) is 0 Å². The molecule has 1 unspecified atom stereocenters. The molecule has 6 heteroatoms. The van der Waals surface area contributed by atoms with Gasteiger partial charge in [0.15, 0.2) is 0 Å². The lowest BCUT2D eigenvalue weighted by Gasteiger charge is -2.12. The van der Waals surface area contributed by atoms with E-state index in [9.17, 15) is 4.79 Å². The fraction of sp³-hybridized carbons (Fsp3) is 0.286. The number of imidazole rings is 1. The number of aromatic nitrogens is 5. The number of hydrogen-bond donors (Lipinski definition) is 0. The summed E-state index contributed by atoms with van der Waals surface area (Å²) in [4.78, 5) is 16.3. The van der Waals surface area contributed by atoms with E-state index < -0.39 is 0 Å². The molecule has 0 bridgehead atoms. The van der Waals surface area contributed by atoms with Gasteiger partial charge in [0, 0.05) is 18.9 Å². The predicted molar refractivity (Wildman–Crippen MR) is 75.2 cm³/mol. The van der Waals surface area contributed by atoms with Crippen molar-refractivity contribution in [3.05, 3.63) is 53.3 Å². The van der Waals surface area contributed by atoms with Crippen LogP contribution in [0.2, 0.25) is 0 Å². The van der Waals surface area contributed by atoms with Crippen molar-refractivity contribution in [2.24, 2.45) is 5.92 Å². The number of benzene rings is 1. The molecule has 0 saturated heterocycles. The molecule has 0 N–H and O–H groups in total. The summed E-state index contributed by atoms with van der Waals surface area (Å²) in [7, 11) is 0.